The van der Waals surface area contributed by atoms with Gasteiger partial charge in [-0.25, -0.2) is 0 Å². The van der Waals surface area contributed by atoms with Gasteiger partial charge < -0.3 is 9.83 Å². The standard InChI is InChI=1S/C11H5Cl2F6N3OS2/c12-4-1-3(10(14,15)16)2-5(13)6(4)22-9(23)7(8(20-22)21-24)25-11(17,18)19/h1-2,23-24H,(H,20,21). The molecule has 0 fully saturated rings. The normalized spacial score (nSPS) is 12.5. The maximum atomic E-state index is 12.7. The number of rotatable bonds is 3. The largest absolute Gasteiger partial charge is 0.492 e. The van der Waals surface area contributed by atoms with Gasteiger partial charge in [-0.15, -0.1) is 5.10 Å². The summed E-state index contributed by atoms with van der Waals surface area (Å²) in [6.45, 7) is 0. The molecule has 0 atom stereocenters. The average Bonchev–Trinajstić information content (AvgIpc) is 2.73. The van der Waals surface area contributed by atoms with E-state index in [1.165, 1.54) is 0 Å². The number of anilines is 1. The molecule has 1 heterocycles. The third kappa shape index (κ3) is 4.36. The quantitative estimate of drug-likeness (QED) is 0.320. The molecule has 0 spiro atoms. The fourth-order valence-electron chi connectivity index (χ4n) is 1.77. The third-order valence-corrected chi connectivity index (χ3v) is 4.30. The molecule has 1 aromatic heterocycles. The van der Waals surface area contributed by atoms with Crippen molar-refractivity contribution in [3.63, 3.8) is 0 Å². The number of aromatic nitrogens is 2. The van der Waals surface area contributed by atoms with Crippen molar-refractivity contribution in [2.45, 2.75) is 16.6 Å². The van der Waals surface area contributed by atoms with Crippen LogP contribution in [0.25, 0.3) is 5.69 Å². The van der Waals surface area contributed by atoms with E-state index in [0.717, 1.165) is 0 Å². The zero-order valence-corrected chi connectivity index (χ0v) is 14.6. The van der Waals surface area contributed by atoms with Crippen LogP contribution in [-0.4, -0.2) is 20.4 Å². The van der Waals surface area contributed by atoms with Crippen molar-refractivity contribution in [2.75, 3.05) is 4.72 Å². The van der Waals surface area contributed by atoms with Gasteiger partial charge in [0.2, 0.25) is 5.88 Å². The van der Waals surface area contributed by atoms with E-state index in [1.807, 2.05) is 4.72 Å². The van der Waals surface area contributed by atoms with Gasteiger partial charge in [0.05, 0.1) is 15.6 Å². The first-order chi connectivity index (χ1) is 11.3. The number of nitrogens with zero attached hydrogens (tertiary/aromatic N) is 2. The third-order valence-electron chi connectivity index (χ3n) is 2.70. The Kier molecular flexibility index (Phi) is 5.57. The van der Waals surface area contributed by atoms with Gasteiger partial charge in [0, 0.05) is 0 Å². The minimum absolute atomic E-state index is 0.423. The van der Waals surface area contributed by atoms with Crippen LogP contribution in [0, 0.1) is 0 Å². The van der Waals surface area contributed by atoms with Gasteiger partial charge >= 0.3 is 11.7 Å². The second-order valence-electron chi connectivity index (χ2n) is 4.36. The summed E-state index contributed by atoms with van der Waals surface area (Å²) in [5, 5.41) is 12.5. The van der Waals surface area contributed by atoms with Crippen LogP contribution < -0.4 is 4.72 Å². The topological polar surface area (TPSA) is 50.1 Å². The molecular weight excluding hydrogens is 439 g/mol. The van der Waals surface area contributed by atoms with Crippen molar-refractivity contribution < 1.29 is 31.4 Å². The molecule has 0 saturated heterocycles. The van der Waals surface area contributed by atoms with Crippen LogP contribution in [0.3, 0.4) is 0 Å². The maximum Gasteiger partial charge on any atom is 0.446 e. The summed E-state index contributed by atoms with van der Waals surface area (Å²) < 4.78 is 78.5. The van der Waals surface area contributed by atoms with Crippen LogP contribution >= 0.6 is 47.8 Å². The highest BCUT2D eigenvalue weighted by Crippen LogP contribution is 2.47. The first-order valence-corrected chi connectivity index (χ1v) is 7.91. The van der Waals surface area contributed by atoms with Crippen molar-refractivity contribution in [1.29, 1.82) is 0 Å². The van der Waals surface area contributed by atoms with Crippen molar-refractivity contribution in [1.82, 2.24) is 9.78 Å². The van der Waals surface area contributed by atoms with Crippen molar-refractivity contribution >= 4 is 53.6 Å². The van der Waals surface area contributed by atoms with Gasteiger partial charge in [-0.05, 0) is 23.9 Å². The molecule has 14 heteroatoms. The zero-order valence-electron chi connectivity index (χ0n) is 11.4. The Balaban J connectivity index is 2.64. The van der Waals surface area contributed by atoms with Crippen molar-refractivity contribution in [3.8, 4) is 11.6 Å². The lowest BCUT2D eigenvalue weighted by atomic mass is 10.2. The van der Waals surface area contributed by atoms with E-state index in [9.17, 15) is 31.4 Å². The number of thiol groups is 1. The number of alkyl halides is 6. The molecule has 4 nitrogen and oxygen atoms in total. The van der Waals surface area contributed by atoms with Gasteiger partial charge in [0.15, 0.2) is 5.82 Å². The fourth-order valence-corrected chi connectivity index (χ4v) is 3.24. The lowest BCUT2D eigenvalue weighted by Crippen LogP contribution is -2.07. The van der Waals surface area contributed by atoms with Gasteiger partial charge in [-0.2, -0.15) is 31.0 Å². The summed E-state index contributed by atoms with van der Waals surface area (Å²) in [6, 6.07) is 1.02. The zero-order chi connectivity index (χ0) is 19.2. The van der Waals surface area contributed by atoms with E-state index in [4.69, 9.17) is 23.2 Å². The molecule has 0 aliphatic heterocycles. The van der Waals surface area contributed by atoms with Crippen LogP contribution in [0.4, 0.5) is 32.2 Å². The molecule has 0 saturated carbocycles. The van der Waals surface area contributed by atoms with Crippen LogP contribution in [0.2, 0.25) is 10.0 Å². The molecule has 0 bridgehead atoms. The van der Waals surface area contributed by atoms with Crippen molar-refractivity contribution in [2.24, 2.45) is 0 Å². The van der Waals surface area contributed by atoms with Crippen LogP contribution in [0.5, 0.6) is 5.88 Å². The van der Waals surface area contributed by atoms with E-state index >= 15 is 0 Å². The molecular formula is C11H5Cl2F6N3OS2. The van der Waals surface area contributed by atoms with Crippen molar-refractivity contribution in [3.05, 3.63) is 27.7 Å². The van der Waals surface area contributed by atoms with Crippen LogP contribution in [0.15, 0.2) is 17.0 Å². The number of halogens is 8. The fraction of sp³-hybridized carbons (Fsp3) is 0.182. The first kappa shape index (κ1) is 20.2. The lowest BCUT2D eigenvalue weighted by molar-refractivity contribution is -0.137. The maximum absolute atomic E-state index is 12.7. The van der Waals surface area contributed by atoms with E-state index in [1.54, 1.807) is 0 Å². The first-order valence-electron chi connectivity index (χ1n) is 5.89. The number of aromatic hydroxyl groups is 1. The number of hydrogen-bond donors (Lipinski definition) is 3. The molecule has 2 N–H and O–H groups in total. The Morgan fingerprint density at radius 1 is 1.12 bits per heavy atom. The Labute approximate surface area is 155 Å². The summed E-state index contributed by atoms with van der Waals surface area (Å²) in [5.74, 6) is -1.52. The molecule has 2 rings (SSSR count). The predicted molar refractivity (Wildman–Crippen MR) is 84.8 cm³/mol. The van der Waals surface area contributed by atoms with Gasteiger partial charge in [-0.1, -0.05) is 36.0 Å². The molecule has 1 aromatic carbocycles. The monoisotopic (exact) mass is 443 g/mol. The van der Waals surface area contributed by atoms with E-state index in [2.05, 4.69) is 17.9 Å². The van der Waals surface area contributed by atoms with E-state index in [0.29, 0.717) is 16.8 Å². The second-order valence-corrected chi connectivity index (χ2v) is 6.47. The summed E-state index contributed by atoms with van der Waals surface area (Å²) in [6.07, 6.45) is -4.74. The number of thioether (sulfide) groups is 1. The summed E-state index contributed by atoms with van der Waals surface area (Å²) in [7, 11) is 0. The van der Waals surface area contributed by atoms with Gasteiger partial charge in [0.25, 0.3) is 0 Å². The number of hydrogen-bond acceptors (Lipinski definition) is 5. The summed E-state index contributed by atoms with van der Waals surface area (Å²) in [5.41, 5.74) is -6.36. The molecule has 0 unspecified atom stereocenters. The predicted octanol–water partition coefficient (Wildman–Crippen LogP) is 5.77. The minimum Gasteiger partial charge on any atom is -0.492 e. The SMILES string of the molecule is Oc1c(SC(F)(F)F)c(NS)nn1-c1c(Cl)cc(C(F)(F)F)cc1Cl. The smallest absolute Gasteiger partial charge is 0.446 e. The van der Waals surface area contributed by atoms with Crippen LogP contribution in [-0.2, 0) is 6.18 Å². The molecule has 138 valence electrons. The van der Waals surface area contributed by atoms with E-state index in [-0.39, 0.29) is 0 Å². The number of nitrogens with one attached hydrogen (secondary N) is 1. The van der Waals surface area contributed by atoms with Crippen LogP contribution in [0.1, 0.15) is 5.56 Å². The highest BCUT2D eigenvalue weighted by atomic mass is 35.5. The highest BCUT2D eigenvalue weighted by molar-refractivity contribution is 8.00. The molecule has 25 heavy (non-hydrogen) atoms. The lowest BCUT2D eigenvalue weighted by Gasteiger charge is -2.13. The molecule has 2 aromatic rings. The summed E-state index contributed by atoms with van der Waals surface area (Å²) >= 11 is 14.4. The van der Waals surface area contributed by atoms with E-state index < -0.39 is 61.3 Å². The second kappa shape index (κ2) is 6.89. The molecule has 0 radical (unpaired) electrons. The molecule has 0 aliphatic rings. The molecule has 0 aliphatic carbocycles. The summed E-state index contributed by atoms with van der Waals surface area (Å²) in [4.78, 5) is -0.755. The Bertz CT molecular complexity index is 785. The van der Waals surface area contributed by atoms with Gasteiger partial charge in [0.1, 0.15) is 10.6 Å². The molecule has 0 amide bonds. The minimum atomic E-state index is -4.77. The Morgan fingerprint density at radius 3 is 2.04 bits per heavy atom. The highest BCUT2D eigenvalue weighted by Gasteiger charge is 2.36. The van der Waals surface area contributed by atoms with Gasteiger partial charge in [-0.3, -0.25) is 0 Å². The number of benzene rings is 1. The Morgan fingerprint density at radius 2 is 1.64 bits per heavy atom. The Hall–Kier alpha value is -1.11. The average molecular weight is 444 g/mol.